The number of nitrogens with zero attached hydrogens (tertiary/aromatic N) is 3. The lowest BCUT2D eigenvalue weighted by molar-refractivity contribution is -0.130. The van der Waals surface area contributed by atoms with E-state index in [0.29, 0.717) is 22.8 Å². The zero-order chi connectivity index (χ0) is 16.9. The average Bonchev–Trinajstić information content (AvgIpc) is 3.06. The molecule has 1 saturated heterocycles. The average molecular weight is 350 g/mol. The highest BCUT2D eigenvalue weighted by atomic mass is 32.2. The van der Waals surface area contributed by atoms with Gasteiger partial charge in [0.2, 0.25) is 11.8 Å². The van der Waals surface area contributed by atoms with Crippen LogP contribution in [0.2, 0.25) is 0 Å². The molecule has 0 bridgehead atoms. The first-order chi connectivity index (χ1) is 11.6. The molecule has 2 heterocycles. The van der Waals surface area contributed by atoms with Crippen molar-refractivity contribution in [1.29, 1.82) is 0 Å². The molecule has 1 aliphatic heterocycles. The van der Waals surface area contributed by atoms with Gasteiger partial charge >= 0.3 is 0 Å². The van der Waals surface area contributed by atoms with E-state index in [2.05, 4.69) is 9.97 Å². The summed E-state index contributed by atoms with van der Waals surface area (Å²) in [4.78, 5) is 23.0. The van der Waals surface area contributed by atoms with Gasteiger partial charge in [-0.05, 0) is 26.7 Å². The van der Waals surface area contributed by atoms with Crippen molar-refractivity contribution in [3.63, 3.8) is 0 Å². The molecule has 0 unspecified atom stereocenters. The Morgan fingerprint density at radius 2 is 1.92 bits per heavy atom. The second kappa shape index (κ2) is 8.19. The van der Waals surface area contributed by atoms with Gasteiger partial charge < -0.3 is 9.64 Å². The number of likely N-dealkylation sites (tertiary alicyclic amines) is 1. The first kappa shape index (κ1) is 17.5. The van der Waals surface area contributed by atoms with Gasteiger partial charge in [-0.1, -0.05) is 12.8 Å². The predicted octanol–water partition coefficient (Wildman–Crippen LogP) is 3.14. The van der Waals surface area contributed by atoms with Crippen LogP contribution in [0.15, 0.2) is 6.07 Å². The quantitative estimate of drug-likeness (QED) is 0.817. The van der Waals surface area contributed by atoms with Crippen LogP contribution in [0.1, 0.15) is 50.0 Å². The molecule has 3 rings (SSSR count). The van der Waals surface area contributed by atoms with Gasteiger partial charge in [-0.3, -0.25) is 4.79 Å². The third kappa shape index (κ3) is 4.85. The summed E-state index contributed by atoms with van der Waals surface area (Å²) < 4.78 is 5.99. The number of carbonyl (C=O) groups is 1. The second-order valence-electron chi connectivity index (χ2n) is 6.81. The van der Waals surface area contributed by atoms with Crippen molar-refractivity contribution in [2.24, 2.45) is 0 Å². The van der Waals surface area contributed by atoms with E-state index >= 15 is 0 Å². The van der Waals surface area contributed by atoms with Crippen molar-refractivity contribution in [2.75, 3.05) is 18.8 Å². The van der Waals surface area contributed by atoms with E-state index in [1.165, 1.54) is 25.7 Å². The minimum Gasteiger partial charge on any atom is -0.474 e. The molecule has 24 heavy (non-hydrogen) atoms. The van der Waals surface area contributed by atoms with Crippen LogP contribution in [0.25, 0.3) is 0 Å². The molecule has 1 aromatic heterocycles. The second-order valence-corrected chi connectivity index (χ2v) is 8.10. The Balaban J connectivity index is 1.42. The summed E-state index contributed by atoms with van der Waals surface area (Å²) >= 11 is 1.85. The Bertz CT molecular complexity index is 547. The molecule has 132 valence electrons. The highest BCUT2D eigenvalue weighted by Gasteiger charge is 2.25. The maximum Gasteiger partial charge on any atom is 0.232 e. The smallest absolute Gasteiger partial charge is 0.232 e. The zero-order valence-corrected chi connectivity index (χ0v) is 15.5. The van der Waals surface area contributed by atoms with Crippen molar-refractivity contribution < 1.29 is 9.53 Å². The largest absolute Gasteiger partial charge is 0.474 e. The molecule has 0 radical (unpaired) electrons. The normalized spacial score (nSPS) is 19.7. The van der Waals surface area contributed by atoms with Gasteiger partial charge in [0.05, 0.1) is 5.75 Å². The third-order valence-electron chi connectivity index (χ3n) is 4.77. The number of amides is 1. The Kier molecular flexibility index (Phi) is 5.98. The van der Waals surface area contributed by atoms with Crippen LogP contribution in [0.4, 0.5) is 0 Å². The number of ether oxygens (including phenoxy) is 1. The number of piperidine rings is 1. The van der Waals surface area contributed by atoms with Crippen molar-refractivity contribution in [2.45, 2.75) is 63.7 Å². The van der Waals surface area contributed by atoms with Gasteiger partial charge in [0.25, 0.3) is 0 Å². The Hall–Kier alpha value is -1.30. The van der Waals surface area contributed by atoms with Gasteiger partial charge in [-0.25, -0.2) is 4.98 Å². The monoisotopic (exact) mass is 349 g/mol. The zero-order valence-electron chi connectivity index (χ0n) is 14.7. The van der Waals surface area contributed by atoms with Gasteiger partial charge in [-0.2, -0.15) is 4.98 Å². The lowest BCUT2D eigenvalue weighted by Gasteiger charge is -2.32. The van der Waals surface area contributed by atoms with E-state index in [4.69, 9.17) is 4.74 Å². The van der Waals surface area contributed by atoms with Crippen molar-refractivity contribution in [1.82, 2.24) is 14.9 Å². The maximum atomic E-state index is 12.4. The number of aryl methyl sites for hydroxylation is 2. The fraction of sp³-hybridized carbons (Fsp3) is 0.722. The minimum absolute atomic E-state index is 0.144. The van der Waals surface area contributed by atoms with E-state index in [0.717, 1.165) is 37.4 Å². The molecule has 6 heteroatoms. The van der Waals surface area contributed by atoms with Crippen molar-refractivity contribution in [3.8, 4) is 5.88 Å². The van der Waals surface area contributed by atoms with Crippen LogP contribution in [-0.2, 0) is 4.79 Å². The fourth-order valence-corrected chi connectivity index (χ4v) is 4.70. The standard InChI is InChI=1S/C18H27N3O2S/c1-13-11-17(20-14(2)19-13)23-15-7-9-21(10-8-15)18(22)12-24-16-5-3-4-6-16/h11,15-16H,3-10,12H2,1-2H3. The van der Waals surface area contributed by atoms with Gasteiger partial charge in [0.15, 0.2) is 0 Å². The van der Waals surface area contributed by atoms with E-state index in [9.17, 15) is 4.79 Å². The SMILES string of the molecule is Cc1cc(OC2CCN(C(=O)CSC3CCCC3)CC2)nc(C)n1. The van der Waals surface area contributed by atoms with Crippen LogP contribution in [0.3, 0.4) is 0 Å². The number of hydrogen-bond donors (Lipinski definition) is 0. The molecule has 0 aromatic carbocycles. The molecule has 0 spiro atoms. The maximum absolute atomic E-state index is 12.4. The van der Waals surface area contributed by atoms with Crippen LogP contribution >= 0.6 is 11.8 Å². The summed E-state index contributed by atoms with van der Waals surface area (Å²) in [5.74, 6) is 2.32. The fourth-order valence-electron chi connectivity index (χ4n) is 3.47. The molecule has 5 nitrogen and oxygen atoms in total. The summed E-state index contributed by atoms with van der Waals surface area (Å²) in [6, 6.07) is 1.88. The lowest BCUT2D eigenvalue weighted by Crippen LogP contribution is -2.42. The molecule has 1 aromatic rings. The number of thioether (sulfide) groups is 1. The van der Waals surface area contributed by atoms with Crippen LogP contribution in [0, 0.1) is 13.8 Å². The molecule has 0 N–H and O–H groups in total. The highest BCUT2D eigenvalue weighted by molar-refractivity contribution is 8.00. The molecular formula is C18H27N3O2S. The van der Waals surface area contributed by atoms with Gasteiger partial charge in [0, 0.05) is 42.9 Å². The molecule has 2 aliphatic rings. The highest BCUT2D eigenvalue weighted by Crippen LogP contribution is 2.29. The van der Waals surface area contributed by atoms with E-state index in [1.54, 1.807) is 0 Å². The number of carbonyl (C=O) groups excluding carboxylic acids is 1. The molecule has 2 fully saturated rings. The predicted molar refractivity (Wildman–Crippen MR) is 96.5 cm³/mol. The lowest BCUT2D eigenvalue weighted by atomic mass is 10.1. The van der Waals surface area contributed by atoms with E-state index < -0.39 is 0 Å². The van der Waals surface area contributed by atoms with E-state index in [1.807, 2.05) is 36.6 Å². The molecular weight excluding hydrogens is 322 g/mol. The third-order valence-corrected chi connectivity index (χ3v) is 6.13. The Morgan fingerprint density at radius 1 is 1.21 bits per heavy atom. The van der Waals surface area contributed by atoms with Gasteiger partial charge in [0.1, 0.15) is 11.9 Å². The summed E-state index contributed by atoms with van der Waals surface area (Å²) in [5.41, 5.74) is 0.925. The van der Waals surface area contributed by atoms with Crippen LogP contribution < -0.4 is 4.74 Å². The molecule has 1 amide bonds. The summed E-state index contributed by atoms with van der Waals surface area (Å²) in [7, 11) is 0. The summed E-state index contributed by atoms with van der Waals surface area (Å²) in [5, 5.41) is 0.707. The van der Waals surface area contributed by atoms with Crippen LogP contribution in [-0.4, -0.2) is 51.0 Å². The van der Waals surface area contributed by atoms with Crippen molar-refractivity contribution in [3.05, 3.63) is 17.6 Å². The van der Waals surface area contributed by atoms with Crippen LogP contribution in [0.5, 0.6) is 5.88 Å². The number of hydrogen-bond acceptors (Lipinski definition) is 5. The topological polar surface area (TPSA) is 55.3 Å². The van der Waals surface area contributed by atoms with Gasteiger partial charge in [-0.15, -0.1) is 11.8 Å². The summed E-state index contributed by atoms with van der Waals surface area (Å²) in [6.45, 7) is 5.41. The number of rotatable bonds is 5. The Labute approximate surface area is 148 Å². The Morgan fingerprint density at radius 3 is 2.58 bits per heavy atom. The molecule has 1 aliphatic carbocycles. The van der Waals surface area contributed by atoms with Crippen molar-refractivity contribution >= 4 is 17.7 Å². The minimum atomic E-state index is 0.144. The first-order valence-corrected chi connectivity index (χ1v) is 10.0. The summed E-state index contributed by atoms with van der Waals surface area (Å²) in [6.07, 6.45) is 7.12. The molecule has 0 atom stereocenters. The van der Waals surface area contributed by atoms with E-state index in [-0.39, 0.29) is 6.10 Å². The number of aromatic nitrogens is 2. The molecule has 1 saturated carbocycles. The first-order valence-electron chi connectivity index (χ1n) is 8.98.